The number of para-hydroxylation sites is 1. The Labute approximate surface area is 153 Å². The van der Waals surface area contributed by atoms with Gasteiger partial charge >= 0.3 is 6.18 Å². The topological polar surface area (TPSA) is 50.9 Å². The minimum absolute atomic E-state index is 0.0124. The first-order valence-electron chi connectivity index (χ1n) is 8.09. The first kappa shape index (κ1) is 18.9. The van der Waals surface area contributed by atoms with Crippen molar-refractivity contribution >= 4 is 5.82 Å². The monoisotopic (exact) mass is 378 g/mol. The molecule has 3 rings (SSSR count). The number of ether oxygens (including phenoxy) is 1. The molecule has 0 aliphatic rings. The molecular formula is C19H16F4N3O-. The van der Waals surface area contributed by atoms with Crippen molar-refractivity contribution in [3.05, 3.63) is 71.7 Å². The molecule has 0 saturated heterocycles. The lowest BCUT2D eigenvalue weighted by molar-refractivity contribution is -0.217. The van der Waals surface area contributed by atoms with Crippen LogP contribution in [0.3, 0.4) is 0 Å². The molecule has 0 radical (unpaired) electrons. The van der Waals surface area contributed by atoms with Crippen LogP contribution in [0.2, 0.25) is 0 Å². The Morgan fingerprint density at radius 1 is 1.11 bits per heavy atom. The summed E-state index contributed by atoms with van der Waals surface area (Å²) in [6, 6.07) is 14.3. The summed E-state index contributed by atoms with van der Waals surface area (Å²) in [5.74, 6) is -0.625. The number of rotatable bonds is 5. The number of hydrogen-bond acceptors (Lipinski definition) is 2. The van der Waals surface area contributed by atoms with Gasteiger partial charge in [0, 0.05) is 11.3 Å². The van der Waals surface area contributed by atoms with E-state index in [2.05, 4.69) is 5.10 Å². The Bertz CT molecular complexity index is 922. The third-order valence-electron chi connectivity index (χ3n) is 3.92. The molecule has 1 N–H and O–H groups in total. The normalized spacial score (nSPS) is 12.9. The zero-order chi connectivity index (χ0) is 19.6. The lowest BCUT2D eigenvalue weighted by Gasteiger charge is -2.17. The third-order valence-corrected chi connectivity index (χ3v) is 3.92. The maximum Gasteiger partial charge on any atom is 0.414 e. The van der Waals surface area contributed by atoms with Crippen LogP contribution in [0.4, 0.5) is 23.4 Å². The highest BCUT2D eigenvalue weighted by molar-refractivity contribution is 5.66. The van der Waals surface area contributed by atoms with Crippen molar-refractivity contribution in [1.82, 2.24) is 9.78 Å². The lowest BCUT2D eigenvalue weighted by Crippen LogP contribution is -2.28. The van der Waals surface area contributed by atoms with Gasteiger partial charge in [-0.3, -0.25) is 0 Å². The molecule has 142 valence electrons. The number of aromatic nitrogens is 2. The zero-order valence-corrected chi connectivity index (χ0v) is 14.3. The van der Waals surface area contributed by atoms with Crippen LogP contribution >= 0.6 is 0 Å². The van der Waals surface area contributed by atoms with E-state index in [0.717, 1.165) is 13.0 Å². The van der Waals surface area contributed by atoms with Crippen LogP contribution in [0.1, 0.15) is 12.5 Å². The van der Waals surface area contributed by atoms with E-state index in [1.54, 1.807) is 24.3 Å². The predicted octanol–water partition coefficient (Wildman–Crippen LogP) is 5.83. The van der Waals surface area contributed by atoms with E-state index in [4.69, 9.17) is 10.5 Å². The molecule has 3 aromatic rings. The van der Waals surface area contributed by atoms with Crippen LogP contribution in [0, 0.1) is 5.82 Å². The molecule has 0 aliphatic carbocycles. The number of nitrogens with one attached hydrogen (secondary N) is 1. The summed E-state index contributed by atoms with van der Waals surface area (Å²) in [5.41, 5.74) is 9.58. The van der Waals surface area contributed by atoms with Crippen LogP contribution < -0.4 is 0 Å². The van der Waals surface area contributed by atoms with E-state index in [9.17, 15) is 17.6 Å². The molecule has 0 unspecified atom stereocenters. The van der Waals surface area contributed by atoms with Gasteiger partial charge in [-0.05, 0) is 54.7 Å². The fourth-order valence-electron chi connectivity index (χ4n) is 2.55. The van der Waals surface area contributed by atoms with Gasteiger partial charge in [-0.2, -0.15) is 13.2 Å². The van der Waals surface area contributed by atoms with E-state index in [-0.39, 0.29) is 11.4 Å². The Kier molecular flexibility index (Phi) is 5.18. The minimum Gasteiger partial charge on any atom is -0.481 e. The highest BCUT2D eigenvalue weighted by Crippen LogP contribution is 2.29. The van der Waals surface area contributed by atoms with Crippen molar-refractivity contribution in [2.75, 3.05) is 0 Å². The smallest absolute Gasteiger partial charge is 0.414 e. The number of alkyl halides is 3. The van der Waals surface area contributed by atoms with Gasteiger partial charge in [0.25, 0.3) is 0 Å². The van der Waals surface area contributed by atoms with Gasteiger partial charge in [-0.15, -0.1) is 0 Å². The second-order valence-electron chi connectivity index (χ2n) is 6.01. The number of hydrogen-bond donors (Lipinski definition) is 0. The number of nitrogens with zero attached hydrogens (tertiary/aromatic N) is 2. The van der Waals surface area contributed by atoms with Crippen molar-refractivity contribution in [1.29, 1.82) is 0 Å². The SMILES string of the molecule is C[C@@H](OCc1cc(F)cc(-c2cc([NH-])nn2-c2ccccc2)c1)C(F)(F)F. The minimum atomic E-state index is -4.48. The highest BCUT2D eigenvalue weighted by atomic mass is 19.4. The molecule has 1 atom stereocenters. The van der Waals surface area contributed by atoms with Crippen LogP contribution in [0.15, 0.2) is 54.6 Å². The molecule has 8 heteroatoms. The fraction of sp³-hybridized carbons (Fsp3) is 0.211. The number of benzene rings is 2. The van der Waals surface area contributed by atoms with Crippen molar-refractivity contribution in [2.24, 2.45) is 0 Å². The van der Waals surface area contributed by atoms with Crippen LogP contribution in [-0.2, 0) is 11.3 Å². The van der Waals surface area contributed by atoms with E-state index in [1.807, 2.05) is 6.07 Å². The summed E-state index contributed by atoms with van der Waals surface area (Å²) in [6.07, 6.45) is -6.44. The molecule has 1 aromatic heterocycles. The summed E-state index contributed by atoms with van der Waals surface area (Å²) in [4.78, 5) is 0. The molecule has 4 nitrogen and oxygen atoms in total. The van der Waals surface area contributed by atoms with Gasteiger partial charge in [0.2, 0.25) is 0 Å². The van der Waals surface area contributed by atoms with E-state index < -0.39 is 24.7 Å². The van der Waals surface area contributed by atoms with Crippen LogP contribution in [-0.4, -0.2) is 22.1 Å². The zero-order valence-electron chi connectivity index (χ0n) is 14.3. The molecule has 0 amide bonds. The van der Waals surface area contributed by atoms with Gasteiger partial charge in [0.1, 0.15) is 5.82 Å². The van der Waals surface area contributed by atoms with E-state index >= 15 is 0 Å². The van der Waals surface area contributed by atoms with Gasteiger partial charge in [0.05, 0.1) is 12.3 Å². The molecule has 1 heterocycles. The summed E-state index contributed by atoms with van der Waals surface area (Å²) in [6.45, 7) is 0.510. The Morgan fingerprint density at radius 3 is 2.48 bits per heavy atom. The summed E-state index contributed by atoms with van der Waals surface area (Å²) in [5, 5.41) is 4.10. The van der Waals surface area contributed by atoms with Gasteiger partial charge in [0.15, 0.2) is 6.10 Å². The quantitative estimate of drug-likeness (QED) is 0.525. The largest absolute Gasteiger partial charge is 0.481 e. The molecular weight excluding hydrogens is 362 g/mol. The van der Waals surface area contributed by atoms with Crippen molar-refractivity contribution < 1.29 is 22.3 Å². The standard InChI is InChI=1S/C19H16F4N3O/c1-12(19(21,22)23)27-11-13-7-14(9-15(20)8-13)17-10-18(24)25-26(17)16-5-3-2-4-6-16/h2-10,12H,11H2,1H3,(H-,24,25)/q-1/t12-/m1/s1. The van der Waals surface area contributed by atoms with Gasteiger partial charge in [-0.25, -0.2) is 4.39 Å². The molecule has 0 aliphatic heterocycles. The number of halogens is 4. The van der Waals surface area contributed by atoms with E-state index in [0.29, 0.717) is 16.9 Å². The maximum atomic E-state index is 14.1. The molecule has 2 aromatic carbocycles. The van der Waals surface area contributed by atoms with Crippen molar-refractivity contribution in [3.8, 4) is 16.9 Å². The second-order valence-corrected chi connectivity index (χ2v) is 6.01. The average Bonchev–Trinajstić information content (AvgIpc) is 3.01. The Hall–Kier alpha value is -2.87. The molecule has 27 heavy (non-hydrogen) atoms. The van der Waals surface area contributed by atoms with Crippen LogP contribution in [0.25, 0.3) is 22.7 Å². The van der Waals surface area contributed by atoms with Crippen molar-refractivity contribution in [2.45, 2.75) is 25.8 Å². The predicted molar refractivity (Wildman–Crippen MR) is 93.2 cm³/mol. The highest BCUT2D eigenvalue weighted by Gasteiger charge is 2.36. The lowest BCUT2D eigenvalue weighted by atomic mass is 10.1. The van der Waals surface area contributed by atoms with Gasteiger partial charge < -0.3 is 20.3 Å². The maximum absolute atomic E-state index is 14.1. The molecule has 0 saturated carbocycles. The van der Waals surface area contributed by atoms with Crippen molar-refractivity contribution in [3.63, 3.8) is 0 Å². The Balaban J connectivity index is 1.94. The first-order valence-corrected chi connectivity index (χ1v) is 8.09. The van der Waals surface area contributed by atoms with E-state index in [1.165, 1.54) is 22.9 Å². The summed E-state index contributed by atoms with van der Waals surface area (Å²) in [7, 11) is 0. The molecule has 0 fully saturated rings. The summed E-state index contributed by atoms with van der Waals surface area (Å²) >= 11 is 0. The van der Waals surface area contributed by atoms with Gasteiger partial charge in [-0.1, -0.05) is 18.2 Å². The first-order chi connectivity index (χ1) is 12.7. The van der Waals surface area contributed by atoms with Crippen LogP contribution in [0.5, 0.6) is 0 Å². The molecule has 0 spiro atoms. The summed E-state index contributed by atoms with van der Waals surface area (Å²) < 4.78 is 58.1. The Morgan fingerprint density at radius 2 is 1.81 bits per heavy atom. The average molecular weight is 378 g/mol. The third kappa shape index (κ3) is 4.46. The second kappa shape index (κ2) is 7.40. The fourth-order valence-corrected chi connectivity index (χ4v) is 2.55. The molecule has 0 bridgehead atoms.